The molecule has 6 nitrogen and oxygen atoms in total. The summed E-state index contributed by atoms with van der Waals surface area (Å²) in [6, 6.07) is 3.29. The summed E-state index contributed by atoms with van der Waals surface area (Å²) in [7, 11) is 1.27. The van der Waals surface area contributed by atoms with Gasteiger partial charge in [-0.2, -0.15) is 0 Å². The van der Waals surface area contributed by atoms with Crippen molar-refractivity contribution in [2.45, 2.75) is 25.3 Å². The van der Waals surface area contributed by atoms with Crippen LogP contribution in [0.3, 0.4) is 0 Å². The number of esters is 1. The monoisotopic (exact) mass is 342 g/mol. The fraction of sp³-hybridized carbons (Fsp3) is 0.400. The number of benzene rings is 1. The van der Waals surface area contributed by atoms with Gasteiger partial charge in [0.15, 0.2) is 0 Å². The van der Waals surface area contributed by atoms with Crippen LogP contribution in [0.2, 0.25) is 5.02 Å². The lowest BCUT2D eigenvalue weighted by molar-refractivity contribution is -0.141. The van der Waals surface area contributed by atoms with Crippen molar-refractivity contribution in [3.8, 4) is 0 Å². The highest BCUT2D eigenvalue weighted by molar-refractivity contribution is 6.30. The Kier molecular flexibility index (Phi) is 4.89. The van der Waals surface area contributed by atoms with E-state index in [1.165, 1.54) is 26.2 Å². The molecule has 1 aliphatic heterocycles. The first-order chi connectivity index (χ1) is 10.8. The molecule has 0 radical (unpaired) electrons. The molecule has 0 saturated carbocycles. The van der Waals surface area contributed by atoms with E-state index in [9.17, 15) is 18.8 Å². The fourth-order valence-corrected chi connectivity index (χ4v) is 2.57. The molecule has 23 heavy (non-hydrogen) atoms. The summed E-state index contributed by atoms with van der Waals surface area (Å²) < 4.78 is 17.8. The lowest BCUT2D eigenvalue weighted by atomic mass is 9.92. The first-order valence-electron chi connectivity index (χ1n) is 6.96. The molecule has 3 amide bonds. The molecule has 1 aliphatic rings. The van der Waals surface area contributed by atoms with Crippen molar-refractivity contribution < 1.29 is 23.5 Å². The van der Waals surface area contributed by atoms with E-state index >= 15 is 0 Å². The number of nitrogens with one attached hydrogen (secondary N) is 1. The van der Waals surface area contributed by atoms with Crippen molar-refractivity contribution in [2.24, 2.45) is 0 Å². The summed E-state index contributed by atoms with van der Waals surface area (Å²) in [5.74, 6) is -1.49. The molecule has 1 atom stereocenters. The molecule has 1 saturated heterocycles. The largest absolute Gasteiger partial charge is 0.469 e. The number of carbonyl (C=O) groups excluding carboxylic acids is 3. The van der Waals surface area contributed by atoms with Gasteiger partial charge in [0.05, 0.1) is 12.1 Å². The molecule has 1 heterocycles. The molecule has 0 aliphatic carbocycles. The molecule has 1 aromatic rings. The highest BCUT2D eigenvalue weighted by Gasteiger charge is 2.48. The van der Waals surface area contributed by atoms with Crippen molar-refractivity contribution in [3.05, 3.63) is 34.6 Å². The molecule has 0 spiro atoms. The first-order valence-corrected chi connectivity index (χ1v) is 7.34. The molecule has 8 heteroatoms. The molecule has 0 aromatic heterocycles. The van der Waals surface area contributed by atoms with Gasteiger partial charge in [-0.3, -0.25) is 14.5 Å². The van der Waals surface area contributed by atoms with Gasteiger partial charge in [0.25, 0.3) is 5.91 Å². The lowest BCUT2D eigenvalue weighted by Crippen LogP contribution is -2.41. The maximum absolute atomic E-state index is 13.3. The third kappa shape index (κ3) is 3.29. The molecular formula is C15H16ClFN2O4. The maximum atomic E-state index is 13.3. The van der Waals surface area contributed by atoms with Crippen LogP contribution in [0.4, 0.5) is 9.18 Å². The van der Waals surface area contributed by atoms with Crippen LogP contribution < -0.4 is 5.32 Å². The SMILES string of the molecule is COC(=O)CCCN1C(=O)NC(C)(c2ccc(F)c(Cl)c2)C1=O. The normalized spacial score (nSPS) is 20.6. The van der Waals surface area contributed by atoms with E-state index in [1.807, 2.05) is 0 Å². The van der Waals surface area contributed by atoms with Crippen molar-refractivity contribution in [2.75, 3.05) is 13.7 Å². The zero-order valence-electron chi connectivity index (χ0n) is 12.7. The predicted octanol–water partition coefficient (Wildman–Crippen LogP) is 2.20. The fourth-order valence-electron chi connectivity index (χ4n) is 2.39. The molecule has 2 rings (SSSR count). The van der Waals surface area contributed by atoms with Gasteiger partial charge < -0.3 is 10.1 Å². The van der Waals surface area contributed by atoms with Gasteiger partial charge in [-0.05, 0) is 31.0 Å². The predicted molar refractivity (Wildman–Crippen MR) is 80.3 cm³/mol. The topological polar surface area (TPSA) is 75.7 Å². The second kappa shape index (κ2) is 6.54. The van der Waals surface area contributed by atoms with Crippen LogP contribution in [-0.4, -0.2) is 36.5 Å². The summed E-state index contributed by atoms with van der Waals surface area (Å²) in [5.41, 5.74) is -0.933. The summed E-state index contributed by atoms with van der Waals surface area (Å²) in [6.07, 6.45) is 0.402. The minimum Gasteiger partial charge on any atom is -0.469 e. The zero-order chi connectivity index (χ0) is 17.2. The third-order valence-electron chi connectivity index (χ3n) is 3.76. The molecule has 1 unspecified atom stereocenters. The summed E-state index contributed by atoms with van der Waals surface area (Å²) >= 11 is 5.75. The number of carbonyl (C=O) groups is 3. The minimum absolute atomic E-state index is 0.0876. The van der Waals surface area contributed by atoms with Crippen LogP contribution in [0.15, 0.2) is 18.2 Å². The van der Waals surface area contributed by atoms with Crippen LogP contribution in [-0.2, 0) is 19.9 Å². The van der Waals surface area contributed by atoms with Crippen LogP contribution in [0, 0.1) is 5.82 Å². The van der Waals surface area contributed by atoms with Gasteiger partial charge in [-0.15, -0.1) is 0 Å². The Bertz CT molecular complexity index is 667. The summed E-state index contributed by atoms with van der Waals surface area (Å²) in [6.45, 7) is 1.61. The van der Waals surface area contributed by atoms with E-state index < -0.39 is 29.3 Å². The molecular weight excluding hydrogens is 327 g/mol. The van der Waals surface area contributed by atoms with Crippen LogP contribution >= 0.6 is 11.6 Å². The highest BCUT2D eigenvalue weighted by atomic mass is 35.5. The standard InChI is InChI=1S/C15H16ClFN2O4/c1-15(9-5-6-11(17)10(16)8-9)13(21)19(14(22)18-15)7-3-4-12(20)23-2/h5-6,8H,3-4,7H2,1-2H3,(H,18,22). The van der Waals surface area contributed by atoms with Gasteiger partial charge in [0.1, 0.15) is 11.4 Å². The number of ether oxygens (including phenoxy) is 1. The van der Waals surface area contributed by atoms with Crippen molar-refractivity contribution in [1.29, 1.82) is 0 Å². The Morgan fingerprint density at radius 2 is 2.13 bits per heavy atom. The second-order valence-corrected chi connectivity index (χ2v) is 5.73. The van der Waals surface area contributed by atoms with E-state index in [-0.39, 0.29) is 18.0 Å². The number of urea groups is 1. The number of hydrogen-bond acceptors (Lipinski definition) is 4. The van der Waals surface area contributed by atoms with E-state index in [0.29, 0.717) is 12.0 Å². The third-order valence-corrected chi connectivity index (χ3v) is 4.05. The molecule has 0 bridgehead atoms. The van der Waals surface area contributed by atoms with E-state index in [1.54, 1.807) is 0 Å². The molecule has 1 N–H and O–H groups in total. The smallest absolute Gasteiger partial charge is 0.325 e. The number of hydrogen-bond donors (Lipinski definition) is 1. The Labute approximate surface area is 137 Å². The first kappa shape index (κ1) is 17.2. The van der Waals surface area contributed by atoms with Crippen molar-refractivity contribution >= 4 is 29.5 Å². The second-order valence-electron chi connectivity index (χ2n) is 5.32. The average molecular weight is 343 g/mol. The maximum Gasteiger partial charge on any atom is 0.325 e. The summed E-state index contributed by atoms with van der Waals surface area (Å²) in [4.78, 5) is 36.7. The van der Waals surface area contributed by atoms with E-state index in [4.69, 9.17) is 11.6 Å². The molecule has 1 fully saturated rings. The Balaban J connectivity index is 2.15. The Morgan fingerprint density at radius 1 is 1.43 bits per heavy atom. The van der Waals surface area contributed by atoms with Gasteiger partial charge in [0.2, 0.25) is 0 Å². The summed E-state index contributed by atoms with van der Waals surface area (Å²) in [5, 5.41) is 2.46. The van der Waals surface area contributed by atoms with E-state index in [0.717, 1.165) is 11.0 Å². The molecule has 1 aromatic carbocycles. The van der Waals surface area contributed by atoms with Crippen molar-refractivity contribution in [1.82, 2.24) is 10.2 Å². The molecule has 124 valence electrons. The van der Waals surface area contributed by atoms with Crippen LogP contribution in [0.1, 0.15) is 25.3 Å². The number of imide groups is 1. The van der Waals surface area contributed by atoms with Crippen LogP contribution in [0.25, 0.3) is 0 Å². The highest BCUT2D eigenvalue weighted by Crippen LogP contribution is 2.31. The minimum atomic E-state index is -1.32. The van der Waals surface area contributed by atoms with Crippen LogP contribution in [0.5, 0.6) is 0 Å². The Hall–Kier alpha value is -2.15. The van der Waals surface area contributed by atoms with Gasteiger partial charge in [0, 0.05) is 13.0 Å². The van der Waals surface area contributed by atoms with E-state index in [2.05, 4.69) is 10.1 Å². The zero-order valence-corrected chi connectivity index (χ0v) is 13.4. The Morgan fingerprint density at radius 3 is 2.74 bits per heavy atom. The number of halogens is 2. The average Bonchev–Trinajstić information content (AvgIpc) is 2.73. The number of rotatable bonds is 5. The number of methoxy groups -OCH3 is 1. The number of amides is 3. The van der Waals surface area contributed by atoms with Gasteiger partial charge in [-0.25, -0.2) is 9.18 Å². The lowest BCUT2D eigenvalue weighted by Gasteiger charge is -2.22. The quantitative estimate of drug-likeness (QED) is 0.657. The van der Waals surface area contributed by atoms with Gasteiger partial charge in [-0.1, -0.05) is 17.7 Å². The number of nitrogens with zero attached hydrogens (tertiary/aromatic N) is 1. The van der Waals surface area contributed by atoms with Crippen molar-refractivity contribution in [3.63, 3.8) is 0 Å². The van der Waals surface area contributed by atoms with Gasteiger partial charge >= 0.3 is 12.0 Å².